The van der Waals surface area contributed by atoms with Crippen LogP contribution in [-0.2, 0) is 0 Å². The number of aromatic nitrogens is 5. The van der Waals surface area contributed by atoms with E-state index in [-0.39, 0.29) is 11.8 Å². The summed E-state index contributed by atoms with van der Waals surface area (Å²) in [6.45, 7) is 4.01. The maximum atomic E-state index is 10.00. The molecule has 1 aliphatic rings. The minimum Gasteiger partial charge on any atom is -0.494 e. The molecule has 0 amide bonds. The van der Waals surface area contributed by atoms with E-state index in [1.807, 2.05) is 30.3 Å². The van der Waals surface area contributed by atoms with Crippen LogP contribution in [0.5, 0.6) is 11.8 Å². The van der Waals surface area contributed by atoms with Gasteiger partial charge in [-0.25, -0.2) is 4.99 Å². The fourth-order valence-corrected chi connectivity index (χ4v) is 3.99. The van der Waals surface area contributed by atoms with E-state index in [9.17, 15) is 10.2 Å². The average Bonchev–Trinajstić information content (AvgIpc) is 3.54. The highest BCUT2D eigenvalue weighted by atomic mass is 16.3. The number of hydrogen-bond donors (Lipinski definition) is 4. The first-order valence-electron chi connectivity index (χ1n) is 11.1. The third-order valence-corrected chi connectivity index (χ3v) is 5.62. The molecule has 0 atom stereocenters. The first-order chi connectivity index (χ1) is 16.2. The minimum atomic E-state index is -0.129. The van der Waals surface area contributed by atoms with E-state index in [1.165, 1.54) is 32.0 Å². The Kier molecular flexibility index (Phi) is 5.90. The number of para-hydroxylation sites is 1. The first-order valence-corrected chi connectivity index (χ1v) is 11.1. The lowest BCUT2D eigenvalue weighted by Crippen LogP contribution is -2.23. The molecule has 0 spiro atoms. The molecule has 0 saturated carbocycles. The molecule has 1 fully saturated rings. The second kappa shape index (κ2) is 9.29. The molecule has 10 nitrogen and oxygen atoms in total. The molecule has 0 unspecified atom stereocenters. The molecule has 4 N–H and O–H groups in total. The highest BCUT2D eigenvalue weighted by molar-refractivity contribution is 5.62. The van der Waals surface area contributed by atoms with Crippen LogP contribution in [-0.4, -0.2) is 65.9 Å². The molecule has 1 aromatic carbocycles. The van der Waals surface area contributed by atoms with Gasteiger partial charge in [0.1, 0.15) is 0 Å². The number of anilines is 2. The van der Waals surface area contributed by atoms with Crippen LogP contribution in [0.2, 0.25) is 0 Å². The number of hydrogen-bond acceptors (Lipinski definition) is 8. The van der Waals surface area contributed by atoms with Crippen LogP contribution in [0.1, 0.15) is 24.8 Å². The van der Waals surface area contributed by atoms with E-state index in [4.69, 9.17) is 0 Å². The Balaban J connectivity index is 1.51. The fraction of sp³-hybridized carbons (Fsp3) is 0.304. The largest absolute Gasteiger partial charge is 0.494 e. The Morgan fingerprint density at radius 2 is 1.94 bits per heavy atom. The van der Waals surface area contributed by atoms with Crippen molar-refractivity contribution in [3.05, 3.63) is 59.0 Å². The molecular formula is C23H26N8O2. The second-order valence-corrected chi connectivity index (χ2v) is 8.06. The van der Waals surface area contributed by atoms with Crippen molar-refractivity contribution >= 4 is 23.4 Å². The molecule has 170 valence electrons. The molecule has 0 aliphatic carbocycles. The molecule has 4 heterocycles. The van der Waals surface area contributed by atoms with Gasteiger partial charge in [-0.15, -0.1) is 0 Å². The van der Waals surface area contributed by atoms with Gasteiger partial charge < -0.3 is 20.4 Å². The summed E-state index contributed by atoms with van der Waals surface area (Å²) < 4.78 is 1.60. The third-order valence-electron chi connectivity index (χ3n) is 5.62. The summed E-state index contributed by atoms with van der Waals surface area (Å²) in [5, 5.41) is 28.0. The van der Waals surface area contributed by atoms with Crippen molar-refractivity contribution in [3.63, 3.8) is 0 Å². The van der Waals surface area contributed by atoms with Gasteiger partial charge in [-0.3, -0.25) is 4.98 Å². The van der Waals surface area contributed by atoms with Gasteiger partial charge in [0.25, 0.3) is 0 Å². The number of aromatic amines is 1. The number of nitrogens with one attached hydrogen (secondary N) is 2. The van der Waals surface area contributed by atoms with Gasteiger partial charge in [0, 0.05) is 29.1 Å². The monoisotopic (exact) mass is 446 g/mol. The molecular weight excluding hydrogens is 420 g/mol. The number of aromatic hydroxyl groups is 2. The van der Waals surface area contributed by atoms with Crippen LogP contribution in [0.25, 0.3) is 11.7 Å². The number of fused-ring (bicyclic) bond motifs is 1. The average molecular weight is 447 g/mol. The Hall–Kier alpha value is -3.92. The molecule has 0 bridgehead atoms. The van der Waals surface area contributed by atoms with Crippen LogP contribution in [0.3, 0.4) is 0 Å². The van der Waals surface area contributed by atoms with Gasteiger partial charge >= 0.3 is 0 Å². The van der Waals surface area contributed by atoms with Gasteiger partial charge in [-0.05, 0) is 57.1 Å². The second-order valence-electron chi connectivity index (χ2n) is 8.06. The molecule has 1 saturated heterocycles. The molecule has 5 rings (SSSR count). The van der Waals surface area contributed by atoms with Crippen molar-refractivity contribution in [1.29, 1.82) is 0 Å². The number of benzene rings is 1. The summed E-state index contributed by atoms with van der Waals surface area (Å²) in [4.78, 5) is 18.8. The standard InChI is InChI=1S/C23H26N8O2/c32-19-14-16(21(33)27-19)13-17-15-25-31-20(17)28-22(24-9-6-12-30-10-4-5-11-30)29-23(31)26-18-7-2-1-3-8-18/h1-3,7-8,13-15,27,32-33H,4-6,9-12H2,(H,24,26,29). The van der Waals surface area contributed by atoms with Crippen molar-refractivity contribution in [2.45, 2.75) is 19.3 Å². The van der Waals surface area contributed by atoms with Crippen molar-refractivity contribution in [2.24, 2.45) is 4.99 Å². The Morgan fingerprint density at radius 3 is 2.70 bits per heavy atom. The van der Waals surface area contributed by atoms with Crippen LogP contribution >= 0.6 is 0 Å². The van der Waals surface area contributed by atoms with Gasteiger partial charge in [0.2, 0.25) is 11.6 Å². The number of nitrogens with zero attached hydrogens (tertiary/aromatic N) is 6. The normalized spacial score (nSPS) is 15.6. The summed E-state index contributed by atoms with van der Waals surface area (Å²) in [6.07, 6.45) is 6.84. The summed E-state index contributed by atoms with van der Waals surface area (Å²) >= 11 is 0. The van der Waals surface area contributed by atoms with E-state index in [2.05, 4.69) is 35.3 Å². The zero-order valence-corrected chi connectivity index (χ0v) is 18.1. The van der Waals surface area contributed by atoms with E-state index in [1.54, 1.807) is 16.8 Å². The van der Waals surface area contributed by atoms with Crippen molar-refractivity contribution in [2.75, 3.05) is 31.5 Å². The van der Waals surface area contributed by atoms with Crippen molar-refractivity contribution in [3.8, 4) is 11.8 Å². The molecule has 33 heavy (non-hydrogen) atoms. The highest BCUT2D eigenvalue weighted by Gasteiger charge is 2.12. The highest BCUT2D eigenvalue weighted by Crippen LogP contribution is 2.22. The Labute approximate surface area is 190 Å². The van der Waals surface area contributed by atoms with E-state index >= 15 is 0 Å². The van der Waals surface area contributed by atoms with Crippen LogP contribution in [0.15, 0.2) is 47.6 Å². The van der Waals surface area contributed by atoms with E-state index in [0.717, 1.165) is 18.7 Å². The van der Waals surface area contributed by atoms with Crippen LogP contribution in [0.4, 0.5) is 11.6 Å². The summed E-state index contributed by atoms with van der Waals surface area (Å²) in [5.41, 5.74) is 2.22. The molecule has 0 radical (unpaired) electrons. The van der Waals surface area contributed by atoms with Gasteiger partial charge in [0.05, 0.1) is 6.20 Å². The van der Waals surface area contributed by atoms with Crippen LogP contribution < -0.4 is 16.2 Å². The predicted molar refractivity (Wildman–Crippen MR) is 124 cm³/mol. The summed E-state index contributed by atoms with van der Waals surface area (Å²) in [7, 11) is 0. The summed E-state index contributed by atoms with van der Waals surface area (Å²) in [6, 6.07) is 11.1. The van der Waals surface area contributed by atoms with E-state index < -0.39 is 0 Å². The molecule has 3 aromatic heterocycles. The van der Waals surface area contributed by atoms with Gasteiger partial charge in [-0.2, -0.15) is 19.6 Å². The zero-order chi connectivity index (χ0) is 22.6. The Morgan fingerprint density at radius 1 is 1.12 bits per heavy atom. The maximum Gasteiger partial charge on any atom is 0.250 e. The topological polar surface area (TPSA) is 127 Å². The lowest BCUT2D eigenvalue weighted by Gasteiger charge is -2.12. The van der Waals surface area contributed by atoms with E-state index in [0.29, 0.717) is 34.5 Å². The molecule has 10 heteroatoms. The van der Waals surface area contributed by atoms with Gasteiger partial charge in [0.15, 0.2) is 17.4 Å². The fourth-order valence-electron chi connectivity index (χ4n) is 3.99. The minimum absolute atomic E-state index is 0.120. The van der Waals surface area contributed by atoms with Crippen molar-refractivity contribution < 1.29 is 10.2 Å². The summed E-state index contributed by atoms with van der Waals surface area (Å²) in [5.74, 6) is 0.241. The predicted octanol–water partition coefficient (Wildman–Crippen LogP) is 1.54. The van der Waals surface area contributed by atoms with Gasteiger partial charge in [-0.1, -0.05) is 18.2 Å². The number of likely N-dealkylation sites (tertiary alicyclic amines) is 1. The number of H-pyrrole nitrogens is 1. The molecule has 4 aromatic rings. The lowest BCUT2D eigenvalue weighted by molar-refractivity contribution is 0.335. The smallest absolute Gasteiger partial charge is 0.250 e. The zero-order valence-electron chi connectivity index (χ0n) is 18.1. The van der Waals surface area contributed by atoms with Crippen LogP contribution in [0, 0.1) is 0 Å². The lowest BCUT2D eigenvalue weighted by atomic mass is 10.2. The third kappa shape index (κ3) is 4.80. The Bertz CT molecular complexity index is 1360. The SMILES string of the molecule is Oc1cc(C=c2cnn3c(Nc4ccccc4)nc(=NCCCN4CCCC4)nc23)c(O)[nH]1. The maximum absolute atomic E-state index is 10.00. The quantitative estimate of drug-likeness (QED) is 0.317. The first kappa shape index (κ1) is 21.0. The molecule has 1 aliphatic heterocycles. The number of rotatable bonds is 7. The van der Waals surface area contributed by atoms with Crippen molar-refractivity contribution in [1.82, 2.24) is 29.5 Å².